The molecular formula is C24H26N6O2. The van der Waals surface area contributed by atoms with Crippen molar-refractivity contribution in [2.45, 2.75) is 31.0 Å². The van der Waals surface area contributed by atoms with Crippen molar-refractivity contribution < 1.29 is 9.53 Å². The van der Waals surface area contributed by atoms with Crippen molar-refractivity contribution in [1.29, 1.82) is 0 Å². The zero-order chi connectivity index (χ0) is 21.7. The Morgan fingerprint density at radius 1 is 1.09 bits per heavy atom. The van der Waals surface area contributed by atoms with Crippen LogP contribution in [0.15, 0.2) is 54.6 Å². The Hall–Kier alpha value is -3.36. The van der Waals surface area contributed by atoms with Gasteiger partial charge in [0.1, 0.15) is 17.2 Å². The summed E-state index contributed by atoms with van der Waals surface area (Å²) >= 11 is 0. The van der Waals surface area contributed by atoms with Gasteiger partial charge in [0.2, 0.25) is 0 Å². The number of ether oxygens (including phenoxy) is 1. The molecule has 0 saturated carbocycles. The molecule has 3 atom stereocenters. The Balaban J connectivity index is 1.34. The smallest absolute Gasteiger partial charge is 0.269 e. The van der Waals surface area contributed by atoms with Crippen molar-refractivity contribution in [1.82, 2.24) is 20.0 Å². The van der Waals surface area contributed by atoms with Crippen LogP contribution in [0.2, 0.25) is 0 Å². The van der Waals surface area contributed by atoms with Crippen molar-refractivity contribution in [2.75, 3.05) is 25.0 Å². The second-order valence-electron chi connectivity index (χ2n) is 8.72. The Morgan fingerprint density at radius 3 is 2.56 bits per heavy atom. The second-order valence-corrected chi connectivity index (χ2v) is 8.72. The van der Waals surface area contributed by atoms with Gasteiger partial charge in [0, 0.05) is 31.7 Å². The van der Waals surface area contributed by atoms with Gasteiger partial charge in [0.05, 0.1) is 17.4 Å². The van der Waals surface area contributed by atoms with E-state index in [0.717, 1.165) is 48.9 Å². The number of anilines is 1. The average Bonchev–Trinajstić information content (AvgIpc) is 3.54. The third-order valence-electron chi connectivity index (χ3n) is 6.74. The zero-order valence-electron chi connectivity index (χ0n) is 17.7. The normalized spacial score (nSPS) is 24.2. The van der Waals surface area contributed by atoms with Crippen molar-refractivity contribution in [3.8, 4) is 17.2 Å². The highest BCUT2D eigenvalue weighted by atomic mass is 16.5. The lowest BCUT2D eigenvalue weighted by Gasteiger charge is -2.36. The molecule has 4 heterocycles. The molecule has 0 aliphatic carbocycles. The predicted molar refractivity (Wildman–Crippen MR) is 121 cm³/mol. The van der Waals surface area contributed by atoms with E-state index in [1.54, 1.807) is 4.68 Å². The Morgan fingerprint density at radius 2 is 1.88 bits per heavy atom. The fourth-order valence-electron chi connectivity index (χ4n) is 5.31. The summed E-state index contributed by atoms with van der Waals surface area (Å²) in [5.41, 5.74) is 8.70. The molecule has 2 bridgehead atoms. The van der Waals surface area contributed by atoms with E-state index in [-0.39, 0.29) is 6.04 Å². The van der Waals surface area contributed by atoms with Gasteiger partial charge >= 0.3 is 0 Å². The number of hydrogen-bond donors (Lipinski definition) is 3. The number of para-hydroxylation sites is 1. The van der Waals surface area contributed by atoms with Crippen molar-refractivity contribution >= 4 is 11.6 Å². The highest BCUT2D eigenvalue weighted by Crippen LogP contribution is 2.41. The van der Waals surface area contributed by atoms with Crippen LogP contribution in [-0.4, -0.2) is 52.3 Å². The maximum absolute atomic E-state index is 12.5. The van der Waals surface area contributed by atoms with E-state index < -0.39 is 5.91 Å². The highest BCUT2D eigenvalue weighted by Gasteiger charge is 2.44. The summed E-state index contributed by atoms with van der Waals surface area (Å²) in [6.45, 7) is 2.85. The Kier molecular flexibility index (Phi) is 4.62. The van der Waals surface area contributed by atoms with Crippen molar-refractivity contribution in [3.63, 3.8) is 0 Å². The van der Waals surface area contributed by atoms with Crippen LogP contribution in [0.5, 0.6) is 11.5 Å². The van der Waals surface area contributed by atoms with Gasteiger partial charge in [-0.3, -0.25) is 9.69 Å². The first-order valence-electron chi connectivity index (χ1n) is 11.2. The zero-order valence-corrected chi connectivity index (χ0v) is 17.7. The van der Waals surface area contributed by atoms with E-state index in [0.29, 0.717) is 23.5 Å². The summed E-state index contributed by atoms with van der Waals surface area (Å²) in [7, 11) is 0. The van der Waals surface area contributed by atoms with Crippen LogP contribution in [0.25, 0.3) is 5.69 Å². The van der Waals surface area contributed by atoms with Crippen LogP contribution in [0.3, 0.4) is 0 Å². The number of fused-ring (bicyclic) bond motifs is 3. The number of likely N-dealkylation sites (tertiary alicyclic amines) is 1. The summed E-state index contributed by atoms with van der Waals surface area (Å²) in [6.07, 6.45) is 2.15. The maximum Gasteiger partial charge on any atom is 0.269 e. The molecule has 1 amide bonds. The molecule has 0 radical (unpaired) electrons. The topological polar surface area (TPSA) is 97.4 Å². The second kappa shape index (κ2) is 7.65. The van der Waals surface area contributed by atoms with E-state index in [4.69, 9.17) is 15.6 Å². The van der Waals surface area contributed by atoms with E-state index in [1.807, 2.05) is 54.6 Å². The number of piperazine rings is 1. The first-order chi connectivity index (χ1) is 15.7. The largest absolute Gasteiger partial charge is 0.457 e. The van der Waals surface area contributed by atoms with E-state index in [2.05, 4.69) is 15.5 Å². The number of primary amides is 1. The van der Waals surface area contributed by atoms with Crippen molar-refractivity contribution in [3.05, 3.63) is 66.0 Å². The van der Waals surface area contributed by atoms with E-state index in [9.17, 15) is 4.79 Å². The lowest BCUT2D eigenvalue weighted by molar-refractivity contribution is 0.0993. The number of hydrogen-bond acceptors (Lipinski definition) is 6. The number of aromatic nitrogens is 2. The van der Waals surface area contributed by atoms with Crippen LogP contribution in [0, 0.1) is 0 Å². The molecule has 2 fully saturated rings. The molecule has 1 aromatic heterocycles. The molecule has 3 aliphatic rings. The fraction of sp³-hybridized carbons (Fsp3) is 0.333. The van der Waals surface area contributed by atoms with Gasteiger partial charge in [0.15, 0.2) is 5.69 Å². The number of nitrogens with zero attached hydrogens (tertiary/aromatic N) is 3. The molecule has 2 aromatic carbocycles. The minimum atomic E-state index is -0.485. The first kappa shape index (κ1) is 19.3. The van der Waals surface area contributed by atoms with Gasteiger partial charge in [-0.05, 0) is 49.2 Å². The molecule has 1 unspecified atom stereocenters. The molecule has 8 heteroatoms. The molecular weight excluding hydrogens is 404 g/mol. The third kappa shape index (κ3) is 3.23. The molecule has 3 aromatic rings. The summed E-state index contributed by atoms with van der Waals surface area (Å²) in [6, 6.07) is 18.5. The number of carbonyl (C=O) groups is 1. The number of nitrogens with two attached hydrogens (primary N) is 1. The van der Waals surface area contributed by atoms with Crippen LogP contribution < -0.4 is 21.1 Å². The fourth-order valence-corrected chi connectivity index (χ4v) is 5.31. The summed E-state index contributed by atoms with van der Waals surface area (Å²) in [5.74, 6) is 1.00. The Labute approximate surface area is 186 Å². The van der Waals surface area contributed by atoms with Gasteiger partial charge in [-0.25, -0.2) is 4.68 Å². The summed E-state index contributed by atoms with van der Waals surface area (Å²) in [4.78, 5) is 15.0. The molecule has 0 spiro atoms. The molecule has 3 aliphatic heterocycles. The van der Waals surface area contributed by atoms with Crippen LogP contribution in [-0.2, 0) is 0 Å². The standard InChI is InChI=1S/C24H26N6O2/c25-24(31)23-22-21(20(10-11-26-22)29-14-15-12-17(29)13-27-15)28-30(23)16-6-8-19(9-7-16)32-18-4-2-1-3-5-18/h1-9,15,17,20,26-27H,10-14H2,(H2,25,31)/t15-,17-,20?/m0/s1. The quantitative estimate of drug-likeness (QED) is 0.576. The number of carbonyl (C=O) groups excluding carboxylic acids is 1. The minimum absolute atomic E-state index is 0.198. The molecule has 6 rings (SSSR count). The average molecular weight is 431 g/mol. The monoisotopic (exact) mass is 430 g/mol. The first-order valence-corrected chi connectivity index (χ1v) is 11.2. The molecule has 164 valence electrons. The number of amides is 1. The summed E-state index contributed by atoms with van der Waals surface area (Å²) in [5, 5.41) is 11.9. The number of benzene rings is 2. The lowest BCUT2D eigenvalue weighted by Crippen LogP contribution is -2.46. The van der Waals surface area contributed by atoms with Crippen molar-refractivity contribution in [2.24, 2.45) is 5.73 Å². The minimum Gasteiger partial charge on any atom is -0.457 e. The molecule has 8 nitrogen and oxygen atoms in total. The van der Waals surface area contributed by atoms with E-state index in [1.165, 1.54) is 6.42 Å². The van der Waals surface area contributed by atoms with E-state index >= 15 is 0 Å². The van der Waals surface area contributed by atoms with Crippen LogP contribution >= 0.6 is 0 Å². The van der Waals surface area contributed by atoms with Gasteiger partial charge in [-0.1, -0.05) is 18.2 Å². The van der Waals surface area contributed by atoms with Gasteiger partial charge in [-0.15, -0.1) is 0 Å². The molecule has 4 N–H and O–H groups in total. The van der Waals surface area contributed by atoms with Crippen LogP contribution in [0.4, 0.5) is 5.69 Å². The lowest BCUT2D eigenvalue weighted by atomic mass is 10.0. The van der Waals surface area contributed by atoms with Crippen LogP contribution in [0.1, 0.15) is 35.1 Å². The number of nitrogens with one attached hydrogen (secondary N) is 2. The third-order valence-corrected chi connectivity index (χ3v) is 6.74. The number of rotatable bonds is 5. The van der Waals surface area contributed by atoms with Gasteiger partial charge in [0.25, 0.3) is 5.91 Å². The maximum atomic E-state index is 12.5. The Bertz CT molecular complexity index is 1140. The van der Waals surface area contributed by atoms with Gasteiger partial charge in [-0.2, -0.15) is 5.10 Å². The summed E-state index contributed by atoms with van der Waals surface area (Å²) < 4.78 is 7.57. The SMILES string of the molecule is NC(=O)c1c2c(nn1-c1ccc(Oc3ccccc3)cc1)C(N1C[C@@H]3C[C@H]1CN3)CCN2. The highest BCUT2D eigenvalue weighted by molar-refractivity contribution is 5.98. The predicted octanol–water partition coefficient (Wildman–Crippen LogP) is 2.67. The van der Waals surface area contributed by atoms with Gasteiger partial charge < -0.3 is 21.1 Å². The molecule has 2 saturated heterocycles. The molecule has 32 heavy (non-hydrogen) atoms.